The number of nitrogens with zero attached hydrogens (tertiary/aromatic N) is 4. The minimum absolute atomic E-state index is 0.0588. The van der Waals surface area contributed by atoms with Crippen LogP contribution in [0.2, 0.25) is 5.15 Å². The number of halogens is 1. The molecule has 12 heteroatoms. The van der Waals surface area contributed by atoms with Crippen LogP contribution in [0.4, 0.5) is 5.13 Å². The standard InChI is InChI=1S/C21H21ClN6O4S/c1-11-6-13(14-7-17(22)24-9-16(14)31-2)15(8-23-11)18(29)26-21-28-27-20(33-21)19(30)25-12-4-3-5-32-10-12/h6-9,12H,3-5,10H2,1-2H3,(H,25,30)(H,26,28,29)/t12-/m0/s1. The summed E-state index contributed by atoms with van der Waals surface area (Å²) in [5, 5.41) is 14.0. The Morgan fingerprint density at radius 2 is 2.03 bits per heavy atom. The van der Waals surface area contributed by atoms with Crippen LogP contribution in [0.25, 0.3) is 11.1 Å². The van der Waals surface area contributed by atoms with Crippen molar-refractivity contribution in [3.8, 4) is 16.9 Å². The van der Waals surface area contributed by atoms with Crippen molar-refractivity contribution in [1.29, 1.82) is 0 Å². The molecule has 1 aliphatic rings. The van der Waals surface area contributed by atoms with Crippen molar-refractivity contribution in [2.24, 2.45) is 0 Å². The molecule has 0 aliphatic carbocycles. The third kappa shape index (κ3) is 5.44. The third-order valence-electron chi connectivity index (χ3n) is 4.96. The number of carbonyl (C=O) groups excluding carboxylic acids is 2. The smallest absolute Gasteiger partial charge is 0.282 e. The Morgan fingerprint density at radius 3 is 2.79 bits per heavy atom. The van der Waals surface area contributed by atoms with Crippen LogP contribution < -0.4 is 15.4 Å². The van der Waals surface area contributed by atoms with Crippen molar-refractivity contribution in [1.82, 2.24) is 25.5 Å². The van der Waals surface area contributed by atoms with E-state index < -0.39 is 5.91 Å². The highest BCUT2D eigenvalue weighted by molar-refractivity contribution is 7.17. The number of nitrogens with one attached hydrogen (secondary N) is 2. The van der Waals surface area contributed by atoms with E-state index in [2.05, 4.69) is 30.8 Å². The zero-order chi connectivity index (χ0) is 23.4. The Kier molecular flexibility index (Phi) is 7.11. The average molecular weight is 489 g/mol. The van der Waals surface area contributed by atoms with Gasteiger partial charge in [-0.05, 0) is 31.9 Å². The summed E-state index contributed by atoms with van der Waals surface area (Å²) in [6, 6.07) is 3.32. The van der Waals surface area contributed by atoms with Crippen LogP contribution in [0.15, 0.2) is 24.5 Å². The summed E-state index contributed by atoms with van der Waals surface area (Å²) >= 11 is 7.07. The molecule has 4 rings (SSSR count). The van der Waals surface area contributed by atoms with E-state index in [1.54, 1.807) is 12.1 Å². The highest BCUT2D eigenvalue weighted by atomic mass is 35.5. The number of pyridine rings is 2. The lowest BCUT2D eigenvalue weighted by atomic mass is 10.0. The van der Waals surface area contributed by atoms with Gasteiger partial charge in [0.1, 0.15) is 10.9 Å². The number of hydrogen-bond acceptors (Lipinski definition) is 9. The van der Waals surface area contributed by atoms with E-state index in [0.29, 0.717) is 35.8 Å². The number of hydrogen-bond donors (Lipinski definition) is 2. The van der Waals surface area contributed by atoms with Gasteiger partial charge in [-0.1, -0.05) is 22.9 Å². The Balaban J connectivity index is 1.54. The highest BCUT2D eigenvalue weighted by Gasteiger charge is 2.22. The Labute approximate surface area is 198 Å². The number of anilines is 1. The molecule has 2 N–H and O–H groups in total. The van der Waals surface area contributed by atoms with Gasteiger partial charge in [0.05, 0.1) is 31.5 Å². The summed E-state index contributed by atoms with van der Waals surface area (Å²) in [7, 11) is 1.51. The summed E-state index contributed by atoms with van der Waals surface area (Å²) in [6.07, 6.45) is 4.69. The van der Waals surface area contributed by atoms with Crippen LogP contribution in [-0.4, -0.2) is 58.3 Å². The van der Waals surface area contributed by atoms with Crippen LogP contribution in [0.3, 0.4) is 0 Å². The van der Waals surface area contributed by atoms with Crippen molar-refractivity contribution in [3.63, 3.8) is 0 Å². The summed E-state index contributed by atoms with van der Waals surface area (Å²) in [5.74, 6) is -0.353. The molecule has 10 nitrogen and oxygen atoms in total. The molecule has 1 saturated heterocycles. The van der Waals surface area contributed by atoms with Crippen molar-refractivity contribution in [3.05, 3.63) is 45.9 Å². The topological polar surface area (TPSA) is 128 Å². The first-order valence-electron chi connectivity index (χ1n) is 10.1. The summed E-state index contributed by atoms with van der Waals surface area (Å²) in [4.78, 5) is 33.8. The first-order valence-corrected chi connectivity index (χ1v) is 11.3. The van der Waals surface area contributed by atoms with Crippen LogP contribution in [0, 0.1) is 6.92 Å². The first kappa shape index (κ1) is 23.0. The molecule has 0 unspecified atom stereocenters. The molecule has 2 amide bonds. The molecule has 0 bridgehead atoms. The molecule has 3 aromatic rings. The lowest BCUT2D eigenvalue weighted by Crippen LogP contribution is -2.40. The van der Waals surface area contributed by atoms with E-state index in [-0.39, 0.29) is 32.8 Å². The lowest BCUT2D eigenvalue weighted by Gasteiger charge is -2.22. The Hall–Kier alpha value is -3.15. The molecule has 1 fully saturated rings. The van der Waals surface area contributed by atoms with Gasteiger partial charge in [-0.15, -0.1) is 10.2 Å². The molecule has 4 heterocycles. The van der Waals surface area contributed by atoms with E-state index in [1.807, 2.05) is 6.92 Å². The zero-order valence-electron chi connectivity index (χ0n) is 17.9. The van der Waals surface area contributed by atoms with Crippen molar-refractivity contribution in [2.45, 2.75) is 25.8 Å². The number of amides is 2. The minimum Gasteiger partial charge on any atom is -0.494 e. The predicted molar refractivity (Wildman–Crippen MR) is 123 cm³/mol. The largest absolute Gasteiger partial charge is 0.494 e. The fourth-order valence-electron chi connectivity index (χ4n) is 3.39. The number of aryl methyl sites for hydroxylation is 1. The fourth-order valence-corrected chi connectivity index (χ4v) is 4.19. The lowest BCUT2D eigenvalue weighted by molar-refractivity contribution is 0.0623. The fraction of sp³-hybridized carbons (Fsp3) is 0.333. The molecule has 1 aliphatic heterocycles. The number of aromatic nitrogens is 4. The van der Waals surface area contributed by atoms with Gasteiger partial charge < -0.3 is 14.8 Å². The first-order chi connectivity index (χ1) is 15.9. The molecule has 0 spiro atoms. The minimum atomic E-state index is -0.462. The Morgan fingerprint density at radius 1 is 1.18 bits per heavy atom. The number of ether oxygens (including phenoxy) is 2. The van der Waals surface area contributed by atoms with Gasteiger partial charge in [0.25, 0.3) is 11.8 Å². The van der Waals surface area contributed by atoms with Gasteiger partial charge in [-0.25, -0.2) is 4.98 Å². The normalized spacial score (nSPS) is 15.7. The second-order valence-corrected chi connectivity index (χ2v) is 8.70. The number of methoxy groups -OCH3 is 1. The van der Waals surface area contributed by atoms with Gasteiger partial charge >= 0.3 is 0 Å². The zero-order valence-corrected chi connectivity index (χ0v) is 19.5. The maximum Gasteiger partial charge on any atom is 0.282 e. The van der Waals surface area contributed by atoms with Gasteiger partial charge in [0.15, 0.2) is 0 Å². The Bertz CT molecular complexity index is 1180. The molecule has 0 saturated carbocycles. The molecule has 0 radical (unpaired) electrons. The quantitative estimate of drug-likeness (QED) is 0.506. The van der Waals surface area contributed by atoms with E-state index in [9.17, 15) is 9.59 Å². The van der Waals surface area contributed by atoms with Crippen LogP contribution in [-0.2, 0) is 4.74 Å². The van der Waals surface area contributed by atoms with Crippen molar-refractivity contribution in [2.75, 3.05) is 25.6 Å². The third-order valence-corrected chi connectivity index (χ3v) is 6.01. The highest BCUT2D eigenvalue weighted by Crippen LogP contribution is 2.34. The maximum absolute atomic E-state index is 13.1. The van der Waals surface area contributed by atoms with Crippen LogP contribution in [0.1, 0.15) is 38.7 Å². The molecular weight excluding hydrogens is 468 g/mol. The van der Waals surface area contributed by atoms with E-state index in [0.717, 1.165) is 24.2 Å². The molecule has 1 atom stereocenters. The number of rotatable bonds is 6. The second kappa shape index (κ2) is 10.2. The summed E-state index contributed by atoms with van der Waals surface area (Å²) < 4.78 is 10.8. The summed E-state index contributed by atoms with van der Waals surface area (Å²) in [5.41, 5.74) is 2.15. The summed E-state index contributed by atoms with van der Waals surface area (Å²) in [6.45, 7) is 2.99. The molecular formula is C21H21ClN6O4S. The van der Waals surface area contributed by atoms with Crippen molar-refractivity contribution >= 4 is 39.9 Å². The molecule has 172 valence electrons. The molecule has 3 aromatic heterocycles. The van der Waals surface area contributed by atoms with E-state index >= 15 is 0 Å². The SMILES string of the molecule is COc1cnc(Cl)cc1-c1cc(C)ncc1C(=O)Nc1nnc(C(=O)N[C@H]2CCCOC2)s1. The van der Waals surface area contributed by atoms with Gasteiger partial charge in [-0.2, -0.15) is 0 Å². The van der Waals surface area contributed by atoms with Gasteiger partial charge in [0.2, 0.25) is 10.1 Å². The second-order valence-electron chi connectivity index (χ2n) is 7.33. The van der Waals surface area contributed by atoms with Crippen LogP contribution in [0.5, 0.6) is 5.75 Å². The molecule has 0 aromatic carbocycles. The van der Waals surface area contributed by atoms with Crippen LogP contribution >= 0.6 is 22.9 Å². The van der Waals surface area contributed by atoms with Gasteiger partial charge in [-0.3, -0.25) is 19.9 Å². The predicted octanol–water partition coefficient (Wildman–Crippen LogP) is 3.13. The van der Waals surface area contributed by atoms with Crippen molar-refractivity contribution < 1.29 is 19.1 Å². The molecule has 33 heavy (non-hydrogen) atoms. The van der Waals surface area contributed by atoms with E-state index in [1.165, 1.54) is 19.5 Å². The van der Waals surface area contributed by atoms with Gasteiger partial charge in [0, 0.05) is 29.6 Å². The average Bonchev–Trinajstić information content (AvgIpc) is 3.28. The van der Waals surface area contributed by atoms with E-state index in [4.69, 9.17) is 21.1 Å². The maximum atomic E-state index is 13.1. The number of carbonyl (C=O) groups is 2. The monoisotopic (exact) mass is 488 g/mol.